The van der Waals surface area contributed by atoms with Crippen LogP contribution >= 0.6 is 0 Å². The van der Waals surface area contributed by atoms with Gasteiger partial charge in [0.1, 0.15) is 0 Å². The second-order valence-electron chi connectivity index (χ2n) is 6.88. The molecule has 0 aliphatic carbocycles. The van der Waals surface area contributed by atoms with E-state index in [4.69, 9.17) is 14.8 Å². The van der Waals surface area contributed by atoms with E-state index in [1.807, 2.05) is 12.1 Å². The summed E-state index contributed by atoms with van der Waals surface area (Å²) in [5, 5.41) is 18.2. The van der Waals surface area contributed by atoms with Crippen molar-refractivity contribution in [2.24, 2.45) is 0 Å². The van der Waals surface area contributed by atoms with Crippen LogP contribution in [0.15, 0.2) is 24.3 Å². The highest BCUT2D eigenvalue weighted by Crippen LogP contribution is 2.28. The topological polar surface area (TPSA) is 52.9 Å². The van der Waals surface area contributed by atoms with Crippen molar-refractivity contribution in [3.8, 4) is 0 Å². The molecule has 4 nitrogen and oxygen atoms in total. The van der Waals surface area contributed by atoms with Crippen LogP contribution in [0.4, 0.5) is 0 Å². The maximum Gasteiger partial charge on any atom is 0.488 e. The first kappa shape index (κ1) is 15.5. The Kier molecular flexibility index (Phi) is 4.26. The Labute approximate surface area is 121 Å². The molecule has 0 atom stereocenters. The van der Waals surface area contributed by atoms with Gasteiger partial charge in [0.15, 0.2) is 0 Å². The lowest BCUT2D eigenvalue weighted by Gasteiger charge is -2.47. The fourth-order valence-corrected chi connectivity index (χ4v) is 3.11. The molecule has 1 aliphatic rings. The maximum absolute atomic E-state index is 9.10. The van der Waals surface area contributed by atoms with Crippen LogP contribution in [0.3, 0.4) is 0 Å². The second-order valence-corrected chi connectivity index (χ2v) is 6.88. The number of hydrogen-bond donors (Lipinski definition) is 2. The fourth-order valence-electron chi connectivity index (χ4n) is 3.11. The SMILES string of the molecule is CC1(C)CN(Cc2ccc(B(O)O)cc2)CC(C)(C)O1. The van der Waals surface area contributed by atoms with Crippen LogP contribution < -0.4 is 5.46 Å². The van der Waals surface area contributed by atoms with Gasteiger partial charge < -0.3 is 14.8 Å². The van der Waals surface area contributed by atoms with Gasteiger partial charge in [0.2, 0.25) is 0 Å². The summed E-state index contributed by atoms with van der Waals surface area (Å²) in [6, 6.07) is 7.42. The van der Waals surface area contributed by atoms with Crippen molar-refractivity contribution in [1.82, 2.24) is 4.90 Å². The summed E-state index contributed by atoms with van der Waals surface area (Å²) in [5.74, 6) is 0. The van der Waals surface area contributed by atoms with Gasteiger partial charge in [-0.05, 0) is 38.7 Å². The van der Waals surface area contributed by atoms with Crippen molar-refractivity contribution in [3.63, 3.8) is 0 Å². The molecular weight excluding hydrogens is 253 g/mol. The highest BCUT2D eigenvalue weighted by molar-refractivity contribution is 6.58. The van der Waals surface area contributed by atoms with E-state index in [1.165, 1.54) is 5.56 Å². The Bertz CT molecular complexity index is 441. The van der Waals surface area contributed by atoms with Crippen molar-refractivity contribution in [2.75, 3.05) is 13.1 Å². The highest BCUT2D eigenvalue weighted by atomic mass is 16.5. The minimum Gasteiger partial charge on any atom is -0.423 e. The summed E-state index contributed by atoms with van der Waals surface area (Å²) in [6.45, 7) is 11.1. The summed E-state index contributed by atoms with van der Waals surface area (Å²) in [5.41, 5.74) is 1.39. The summed E-state index contributed by atoms with van der Waals surface area (Å²) >= 11 is 0. The molecule has 2 N–H and O–H groups in total. The Morgan fingerprint density at radius 3 is 2.00 bits per heavy atom. The van der Waals surface area contributed by atoms with Crippen LogP contribution in [0, 0.1) is 0 Å². The van der Waals surface area contributed by atoms with Crippen molar-refractivity contribution < 1.29 is 14.8 Å². The Hall–Kier alpha value is -0.875. The first-order chi connectivity index (χ1) is 9.17. The summed E-state index contributed by atoms with van der Waals surface area (Å²) in [4.78, 5) is 2.38. The van der Waals surface area contributed by atoms with Gasteiger partial charge in [-0.15, -0.1) is 0 Å². The number of ether oxygens (including phenoxy) is 1. The third-order valence-corrected chi connectivity index (χ3v) is 3.45. The average Bonchev–Trinajstić information content (AvgIpc) is 2.25. The Morgan fingerprint density at radius 1 is 1.05 bits per heavy atom. The van der Waals surface area contributed by atoms with E-state index >= 15 is 0 Å². The first-order valence-corrected chi connectivity index (χ1v) is 7.04. The first-order valence-electron chi connectivity index (χ1n) is 7.04. The molecule has 0 spiro atoms. The van der Waals surface area contributed by atoms with Gasteiger partial charge in [0, 0.05) is 19.6 Å². The van der Waals surface area contributed by atoms with Gasteiger partial charge in [-0.2, -0.15) is 0 Å². The number of rotatable bonds is 3. The lowest BCUT2D eigenvalue weighted by molar-refractivity contribution is -0.182. The van der Waals surface area contributed by atoms with Crippen molar-refractivity contribution >= 4 is 12.6 Å². The molecule has 0 amide bonds. The molecule has 110 valence electrons. The molecule has 20 heavy (non-hydrogen) atoms. The molecule has 1 saturated heterocycles. The smallest absolute Gasteiger partial charge is 0.423 e. The molecule has 1 aromatic carbocycles. The van der Waals surface area contributed by atoms with E-state index < -0.39 is 7.12 Å². The molecule has 0 unspecified atom stereocenters. The molecule has 1 aliphatic heterocycles. The minimum atomic E-state index is -1.40. The number of benzene rings is 1. The van der Waals surface area contributed by atoms with Gasteiger partial charge in [-0.1, -0.05) is 24.3 Å². The van der Waals surface area contributed by atoms with Crippen LogP contribution in [-0.4, -0.2) is 46.4 Å². The Morgan fingerprint density at radius 2 is 1.55 bits per heavy atom. The maximum atomic E-state index is 9.10. The van der Waals surface area contributed by atoms with E-state index in [0.717, 1.165) is 19.6 Å². The normalized spacial score (nSPS) is 21.7. The van der Waals surface area contributed by atoms with Gasteiger partial charge in [-0.25, -0.2) is 0 Å². The van der Waals surface area contributed by atoms with E-state index in [2.05, 4.69) is 32.6 Å². The summed E-state index contributed by atoms with van der Waals surface area (Å²) in [7, 11) is -1.40. The molecule has 1 fully saturated rings. The van der Waals surface area contributed by atoms with Gasteiger partial charge >= 0.3 is 7.12 Å². The van der Waals surface area contributed by atoms with Gasteiger partial charge in [0.25, 0.3) is 0 Å². The zero-order valence-electron chi connectivity index (χ0n) is 12.8. The van der Waals surface area contributed by atoms with Gasteiger partial charge in [-0.3, -0.25) is 4.90 Å². The fraction of sp³-hybridized carbons (Fsp3) is 0.600. The largest absolute Gasteiger partial charge is 0.488 e. The standard InChI is InChI=1S/C15H24BNO3/c1-14(2)10-17(11-15(3,4)20-14)9-12-5-7-13(8-6-12)16(18)19/h5-8,18-19H,9-11H2,1-4H3. The van der Waals surface area contributed by atoms with Crippen LogP contribution in [0.5, 0.6) is 0 Å². The molecular formula is C15H24BNO3. The van der Waals surface area contributed by atoms with Crippen molar-refractivity contribution in [1.29, 1.82) is 0 Å². The quantitative estimate of drug-likeness (QED) is 0.801. The highest BCUT2D eigenvalue weighted by Gasteiger charge is 2.37. The van der Waals surface area contributed by atoms with E-state index in [-0.39, 0.29) is 11.2 Å². The van der Waals surface area contributed by atoms with Crippen LogP contribution in [-0.2, 0) is 11.3 Å². The van der Waals surface area contributed by atoms with Crippen molar-refractivity contribution in [3.05, 3.63) is 29.8 Å². The molecule has 1 heterocycles. The minimum absolute atomic E-state index is 0.150. The molecule has 0 saturated carbocycles. The number of nitrogens with zero attached hydrogens (tertiary/aromatic N) is 1. The Balaban J connectivity index is 2.05. The number of hydrogen-bond acceptors (Lipinski definition) is 4. The predicted octanol–water partition coefficient (Wildman–Crippen LogP) is 0.756. The average molecular weight is 277 g/mol. The molecule has 5 heteroatoms. The lowest BCUT2D eigenvalue weighted by Crippen LogP contribution is -2.56. The third kappa shape index (κ3) is 4.06. The van der Waals surface area contributed by atoms with Gasteiger partial charge in [0.05, 0.1) is 11.2 Å². The molecule has 0 bridgehead atoms. The molecule has 1 aromatic rings. The van der Waals surface area contributed by atoms with E-state index in [1.54, 1.807) is 12.1 Å². The zero-order chi connectivity index (χ0) is 15.0. The summed E-state index contributed by atoms with van der Waals surface area (Å²) < 4.78 is 6.07. The van der Waals surface area contributed by atoms with E-state index in [9.17, 15) is 0 Å². The second kappa shape index (κ2) is 5.49. The summed E-state index contributed by atoms with van der Waals surface area (Å²) in [6.07, 6.45) is 0. The molecule has 0 aromatic heterocycles. The van der Waals surface area contributed by atoms with Crippen LogP contribution in [0.1, 0.15) is 33.3 Å². The van der Waals surface area contributed by atoms with E-state index in [0.29, 0.717) is 5.46 Å². The zero-order valence-corrected chi connectivity index (χ0v) is 12.8. The predicted molar refractivity (Wildman–Crippen MR) is 80.8 cm³/mol. The molecule has 0 radical (unpaired) electrons. The van der Waals surface area contributed by atoms with Crippen LogP contribution in [0.25, 0.3) is 0 Å². The monoisotopic (exact) mass is 277 g/mol. The van der Waals surface area contributed by atoms with Crippen molar-refractivity contribution in [2.45, 2.75) is 45.4 Å². The van der Waals surface area contributed by atoms with Crippen LogP contribution in [0.2, 0.25) is 0 Å². The lowest BCUT2D eigenvalue weighted by atomic mass is 9.80. The third-order valence-electron chi connectivity index (χ3n) is 3.45. The number of morpholine rings is 1. The molecule has 2 rings (SSSR count).